The van der Waals surface area contributed by atoms with Crippen LogP contribution in [0.2, 0.25) is 0 Å². The van der Waals surface area contributed by atoms with Crippen molar-refractivity contribution in [1.29, 1.82) is 0 Å². The minimum atomic E-state index is -0.295. The predicted molar refractivity (Wildman–Crippen MR) is 68.5 cm³/mol. The molecular weight excluding hydrogens is 285 g/mol. The average Bonchev–Trinajstić information content (AvgIpc) is 3.07. The van der Waals surface area contributed by atoms with Crippen LogP contribution in [0.4, 0.5) is 4.39 Å². The molecule has 92 valence electrons. The molecule has 4 heteroatoms. The average molecular weight is 300 g/mol. The number of hydrogen-bond donors (Lipinski definition) is 1. The zero-order valence-corrected chi connectivity index (χ0v) is 11.1. The molecule has 0 saturated heterocycles. The lowest BCUT2D eigenvalue weighted by Crippen LogP contribution is -2.20. The lowest BCUT2D eigenvalue weighted by atomic mass is 10.1. The van der Waals surface area contributed by atoms with Crippen LogP contribution < -0.4 is 5.32 Å². The molecule has 1 N–H and O–H groups in total. The van der Waals surface area contributed by atoms with Crippen molar-refractivity contribution < 1.29 is 9.18 Å². The minimum absolute atomic E-state index is 0.191. The van der Waals surface area contributed by atoms with Gasteiger partial charge in [0, 0.05) is 25.4 Å². The lowest BCUT2D eigenvalue weighted by Gasteiger charge is -2.04. The monoisotopic (exact) mass is 299 g/mol. The Morgan fingerprint density at radius 1 is 1.47 bits per heavy atom. The van der Waals surface area contributed by atoms with Gasteiger partial charge in [0.15, 0.2) is 0 Å². The number of nitrogens with one attached hydrogen (secondary N) is 1. The fraction of sp³-hybridized carbons (Fsp3) is 0.462. The normalized spacial score (nSPS) is 14.9. The van der Waals surface area contributed by atoms with E-state index in [1.54, 1.807) is 12.1 Å². The van der Waals surface area contributed by atoms with Crippen LogP contribution in [0, 0.1) is 5.82 Å². The Balaban J connectivity index is 1.77. The summed E-state index contributed by atoms with van der Waals surface area (Å²) in [6.07, 6.45) is 3.40. The van der Waals surface area contributed by atoms with Gasteiger partial charge >= 0.3 is 0 Å². The maximum atomic E-state index is 13.0. The molecule has 0 radical (unpaired) electrons. The Bertz CT molecular complexity index is 418. The number of rotatable bonds is 6. The quantitative estimate of drug-likeness (QED) is 0.875. The topological polar surface area (TPSA) is 29.1 Å². The summed E-state index contributed by atoms with van der Waals surface area (Å²) in [6.45, 7) is 0.756. The predicted octanol–water partition coefficient (Wildman–Crippen LogP) is 2.84. The van der Waals surface area contributed by atoms with Crippen LogP contribution in [0.15, 0.2) is 22.7 Å². The molecule has 1 aromatic carbocycles. The molecule has 1 saturated carbocycles. The van der Waals surface area contributed by atoms with Crippen molar-refractivity contribution in [1.82, 2.24) is 5.32 Å². The van der Waals surface area contributed by atoms with Gasteiger partial charge in [-0.1, -0.05) is 6.07 Å². The maximum Gasteiger partial charge on any atom is 0.138 e. The fourth-order valence-electron chi connectivity index (χ4n) is 1.67. The second-order valence-corrected chi connectivity index (χ2v) is 5.30. The van der Waals surface area contributed by atoms with Crippen molar-refractivity contribution in [3.8, 4) is 0 Å². The van der Waals surface area contributed by atoms with E-state index in [0.717, 1.165) is 12.1 Å². The van der Waals surface area contributed by atoms with Gasteiger partial charge in [-0.3, -0.25) is 4.79 Å². The summed E-state index contributed by atoms with van der Waals surface area (Å²) in [6, 6.07) is 5.35. The third kappa shape index (κ3) is 4.21. The van der Waals surface area contributed by atoms with E-state index in [1.807, 2.05) is 0 Å². The Hall–Kier alpha value is -0.740. The zero-order valence-electron chi connectivity index (χ0n) is 9.51. The van der Waals surface area contributed by atoms with Crippen molar-refractivity contribution in [3.05, 3.63) is 34.1 Å². The molecule has 0 amide bonds. The van der Waals surface area contributed by atoms with E-state index in [-0.39, 0.29) is 11.6 Å². The number of carbonyl (C=O) groups excluding carboxylic acids is 1. The third-order valence-electron chi connectivity index (χ3n) is 2.80. The van der Waals surface area contributed by atoms with Gasteiger partial charge in [0.2, 0.25) is 0 Å². The standard InChI is InChI=1S/C13H15BrFNO/c14-12-8-9(1-4-13(12)15)7-11(17)5-6-16-10-2-3-10/h1,4,8,10,16H,2-3,5-7H2. The van der Waals surface area contributed by atoms with Gasteiger partial charge < -0.3 is 5.32 Å². The highest BCUT2D eigenvalue weighted by Gasteiger charge is 2.20. The van der Waals surface area contributed by atoms with Gasteiger partial charge in [-0.15, -0.1) is 0 Å². The van der Waals surface area contributed by atoms with Gasteiger partial charge in [0.05, 0.1) is 4.47 Å². The number of halogens is 2. The number of benzene rings is 1. The molecule has 1 aliphatic carbocycles. The van der Waals surface area contributed by atoms with Crippen LogP contribution in [0.1, 0.15) is 24.8 Å². The third-order valence-corrected chi connectivity index (χ3v) is 3.41. The molecule has 2 nitrogen and oxygen atoms in total. The van der Waals surface area contributed by atoms with Crippen molar-refractivity contribution in [2.45, 2.75) is 31.7 Å². The SMILES string of the molecule is O=C(CCNC1CC1)Cc1ccc(F)c(Br)c1. The molecule has 17 heavy (non-hydrogen) atoms. The van der Waals surface area contributed by atoms with Gasteiger partial charge in [0.25, 0.3) is 0 Å². The summed E-state index contributed by atoms with van der Waals surface area (Å²) in [4.78, 5) is 11.7. The van der Waals surface area contributed by atoms with Crippen LogP contribution in [0.25, 0.3) is 0 Å². The molecule has 1 aromatic rings. The van der Waals surface area contributed by atoms with E-state index in [2.05, 4.69) is 21.2 Å². The molecular formula is C13H15BrFNO. The van der Waals surface area contributed by atoms with Crippen LogP contribution in [-0.4, -0.2) is 18.4 Å². The highest BCUT2D eigenvalue weighted by Crippen LogP contribution is 2.19. The highest BCUT2D eigenvalue weighted by atomic mass is 79.9. The van der Waals surface area contributed by atoms with Gasteiger partial charge in [-0.05, 0) is 46.5 Å². The number of hydrogen-bond acceptors (Lipinski definition) is 2. The second-order valence-electron chi connectivity index (χ2n) is 4.44. The Morgan fingerprint density at radius 3 is 2.88 bits per heavy atom. The summed E-state index contributed by atoms with van der Waals surface area (Å²) in [5.74, 6) is -0.103. The first kappa shape index (κ1) is 12.7. The van der Waals surface area contributed by atoms with E-state index in [0.29, 0.717) is 23.4 Å². The number of ketones is 1. The molecule has 1 aliphatic rings. The van der Waals surface area contributed by atoms with Gasteiger partial charge in [-0.25, -0.2) is 4.39 Å². The molecule has 0 unspecified atom stereocenters. The van der Waals surface area contributed by atoms with E-state index in [4.69, 9.17) is 0 Å². The van der Waals surface area contributed by atoms with Crippen LogP contribution in [-0.2, 0) is 11.2 Å². The van der Waals surface area contributed by atoms with E-state index in [1.165, 1.54) is 18.9 Å². The molecule has 1 fully saturated rings. The maximum absolute atomic E-state index is 13.0. The van der Waals surface area contributed by atoms with Gasteiger partial charge in [0.1, 0.15) is 11.6 Å². The number of carbonyl (C=O) groups is 1. The van der Waals surface area contributed by atoms with Crippen molar-refractivity contribution in [3.63, 3.8) is 0 Å². The summed E-state index contributed by atoms with van der Waals surface area (Å²) >= 11 is 3.12. The largest absolute Gasteiger partial charge is 0.314 e. The van der Waals surface area contributed by atoms with Crippen LogP contribution in [0.3, 0.4) is 0 Å². The zero-order chi connectivity index (χ0) is 12.3. The summed E-state index contributed by atoms with van der Waals surface area (Å²) in [5, 5.41) is 3.30. The summed E-state index contributed by atoms with van der Waals surface area (Å²) in [7, 11) is 0. The molecule has 0 bridgehead atoms. The van der Waals surface area contributed by atoms with Gasteiger partial charge in [-0.2, -0.15) is 0 Å². The molecule has 0 spiro atoms. The first-order valence-electron chi connectivity index (χ1n) is 5.84. The summed E-state index contributed by atoms with van der Waals surface area (Å²) < 4.78 is 13.4. The molecule has 0 atom stereocenters. The Labute approximate surface area is 109 Å². The smallest absolute Gasteiger partial charge is 0.138 e. The fourth-order valence-corrected chi connectivity index (χ4v) is 2.10. The van der Waals surface area contributed by atoms with Crippen molar-refractivity contribution in [2.24, 2.45) is 0 Å². The van der Waals surface area contributed by atoms with Crippen molar-refractivity contribution in [2.75, 3.05) is 6.54 Å². The van der Waals surface area contributed by atoms with Crippen LogP contribution in [0.5, 0.6) is 0 Å². The molecule has 0 aliphatic heterocycles. The highest BCUT2D eigenvalue weighted by molar-refractivity contribution is 9.10. The van der Waals surface area contributed by atoms with Crippen LogP contribution >= 0.6 is 15.9 Å². The van der Waals surface area contributed by atoms with E-state index in [9.17, 15) is 9.18 Å². The van der Waals surface area contributed by atoms with E-state index >= 15 is 0 Å². The first-order valence-corrected chi connectivity index (χ1v) is 6.63. The molecule has 0 aromatic heterocycles. The Kier molecular flexibility index (Phi) is 4.29. The summed E-state index contributed by atoms with van der Waals surface area (Å²) in [5.41, 5.74) is 0.856. The Morgan fingerprint density at radius 2 is 2.24 bits per heavy atom. The number of Topliss-reactive ketones (excluding diaryl/α,β-unsaturated/α-hetero) is 1. The molecule has 0 heterocycles. The lowest BCUT2D eigenvalue weighted by molar-refractivity contribution is -0.118. The first-order chi connectivity index (χ1) is 8.15. The van der Waals surface area contributed by atoms with E-state index < -0.39 is 0 Å². The molecule has 2 rings (SSSR count). The van der Waals surface area contributed by atoms with Crippen molar-refractivity contribution >= 4 is 21.7 Å². The minimum Gasteiger partial charge on any atom is -0.314 e. The second kappa shape index (κ2) is 5.74.